The van der Waals surface area contributed by atoms with E-state index in [2.05, 4.69) is 17.3 Å². The largest absolute Gasteiger partial charge is 0.381 e. The van der Waals surface area contributed by atoms with Crippen molar-refractivity contribution in [1.29, 1.82) is 0 Å². The van der Waals surface area contributed by atoms with Crippen LogP contribution in [0.1, 0.15) is 71.1 Å². The number of unbranched alkanes of at least 4 members (excludes halogenated alkanes) is 6. The fraction of sp³-hybridized carbons (Fsp3) is 0.765. The summed E-state index contributed by atoms with van der Waals surface area (Å²) in [5, 5.41) is 7.65. The molecule has 0 aromatic carbocycles. The normalized spacial score (nSPS) is 14.9. The van der Waals surface area contributed by atoms with Crippen molar-refractivity contribution in [2.45, 2.75) is 83.7 Å². The van der Waals surface area contributed by atoms with Gasteiger partial charge in [-0.25, -0.2) is 4.68 Å². The van der Waals surface area contributed by atoms with Crippen molar-refractivity contribution in [3.05, 3.63) is 22.6 Å². The molecule has 1 aliphatic rings. The number of aromatic nitrogens is 2. The molecule has 4 heteroatoms. The number of anilines is 1. The average Bonchev–Trinajstić information content (AvgIpc) is 2.44. The van der Waals surface area contributed by atoms with Gasteiger partial charge < -0.3 is 5.32 Å². The standard InChI is InChI=1S/C17H29N3O/c1-2-3-4-5-6-7-8-12-20-17(21)13-16(14-18-20)19-15-10-9-11-15/h13-15,19H,2-12H2,1H3. The van der Waals surface area contributed by atoms with Crippen LogP contribution in [-0.4, -0.2) is 15.8 Å². The highest BCUT2D eigenvalue weighted by atomic mass is 16.1. The highest BCUT2D eigenvalue weighted by Gasteiger charge is 2.17. The van der Waals surface area contributed by atoms with Crippen LogP contribution in [0.2, 0.25) is 0 Å². The van der Waals surface area contributed by atoms with E-state index in [1.165, 1.54) is 57.8 Å². The molecule has 0 saturated heterocycles. The van der Waals surface area contributed by atoms with Crippen LogP contribution < -0.4 is 10.9 Å². The van der Waals surface area contributed by atoms with Crippen LogP contribution in [0.15, 0.2) is 17.1 Å². The third-order valence-corrected chi connectivity index (χ3v) is 4.32. The number of hydrogen-bond acceptors (Lipinski definition) is 3. The fourth-order valence-corrected chi connectivity index (χ4v) is 2.69. The lowest BCUT2D eigenvalue weighted by Crippen LogP contribution is -2.29. The van der Waals surface area contributed by atoms with Gasteiger partial charge >= 0.3 is 0 Å². The van der Waals surface area contributed by atoms with Gasteiger partial charge in [-0.3, -0.25) is 4.79 Å². The SMILES string of the molecule is CCCCCCCCCn1ncc(NC2CCC2)cc1=O. The maximum atomic E-state index is 12.0. The Morgan fingerprint density at radius 3 is 2.52 bits per heavy atom. The van der Waals surface area contributed by atoms with Gasteiger partial charge in [-0.05, 0) is 25.7 Å². The van der Waals surface area contributed by atoms with E-state index in [1.54, 1.807) is 16.9 Å². The van der Waals surface area contributed by atoms with Gasteiger partial charge in [-0.1, -0.05) is 45.4 Å². The minimum absolute atomic E-state index is 0.0188. The van der Waals surface area contributed by atoms with Crippen molar-refractivity contribution in [3.8, 4) is 0 Å². The molecule has 0 aliphatic heterocycles. The smallest absolute Gasteiger partial charge is 0.268 e. The van der Waals surface area contributed by atoms with Crippen molar-refractivity contribution in [3.63, 3.8) is 0 Å². The van der Waals surface area contributed by atoms with Gasteiger partial charge in [0, 0.05) is 18.7 Å². The zero-order chi connectivity index (χ0) is 14.9. The van der Waals surface area contributed by atoms with Crippen molar-refractivity contribution in [2.24, 2.45) is 0 Å². The van der Waals surface area contributed by atoms with Gasteiger partial charge in [0.25, 0.3) is 5.56 Å². The molecule has 1 saturated carbocycles. The molecule has 0 radical (unpaired) electrons. The van der Waals surface area contributed by atoms with E-state index >= 15 is 0 Å². The Balaban J connectivity index is 1.67. The Hall–Kier alpha value is -1.32. The van der Waals surface area contributed by atoms with Gasteiger partial charge in [0.2, 0.25) is 0 Å². The van der Waals surface area contributed by atoms with Crippen LogP contribution in [-0.2, 0) is 6.54 Å². The quantitative estimate of drug-likeness (QED) is 0.664. The number of aryl methyl sites for hydroxylation is 1. The Morgan fingerprint density at radius 2 is 1.90 bits per heavy atom. The second kappa shape index (κ2) is 8.85. The van der Waals surface area contributed by atoms with E-state index in [-0.39, 0.29) is 5.56 Å². The highest BCUT2D eigenvalue weighted by Crippen LogP contribution is 2.22. The number of nitrogens with one attached hydrogen (secondary N) is 1. The molecule has 0 spiro atoms. The molecule has 1 heterocycles. The molecule has 0 bridgehead atoms. The van der Waals surface area contributed by atoms with Crippen LogP contribution in [0, 0.1) is 0 Å². The molecule has 0 atom stereocenters. The topological polar surface area (TPSA) is 46.9 Å². The molecule has 0 unspecified atom stereocenters. The van der Waals surface area contributed by atoms with E-state index < -0.39 is 0 Å². The lowest BCUT2D eigenvalue weighted by atomic mass is 9.93. The van der Waals surface area contributed by atoms with Crippen LogP contribution in [0.5, 0.6) is 0 Å². The zero-order valence-corrected chi connectivity index (χ0v) is 13.3. The summed E-state index contributed by atoms with van der Waals surface area (Å²) in [6.45, 7) is 2.98. The molecule has 4 nitrogen and oxygen atoms in total. The molecule has 21 heavy (non-hydrogen) atoms. The van der Waals surface area contributed by atoms with E-state index in [0.29, 0.717) is 6.04 Å². The maximum Gasteiger partial charge on any atom is 0.268 e. The van der Waals surface area contributed by atoms with Crippen molar-refractivity contribution >= 4 is 5.69 Å². The molecule has 1 aromatic heterocycles. The molecule has 1 fully saturated rings. The van der Waals surface area contributed by atoms with Crippen molar-refractivity contribution in [2.75, 3.05) is 5.32 Å². The summed E-state index contributed by atoms with van der Waals surface area (Å²) >= 11 is 0. The van der Waals surface area contributed by atoms with E-state index in [9.17, 15) is 4.79 Å². The first-order valence-electron chi connectivity index (χ1n) is 8.63. The Labute approximate surface area is 127 Å². The number of hydrogen-bond donors (Lipinski definition) is 1. The molecule has 1 aliphatic carbocycles. The zero-order valence-electron chi connectivity index (χ0n) is 13.3. The highest BCUT2D eigenvalue weighted by molar-refractivity contribution is 5.40. The molecule has 2 rings (SSSR count). The first-order chi connectivity index (χ1) is 10.3. The summed E-state index contributed by atoms with van der Waals surface area (Å²) in [5.74, 6) is 0. The average molecular weight is 291 g/mol. The predicted octanol–water partition coefficient (Wildman–Crippen LogP) is 3.96. The number of nitrogens with zero attached hydrogens (tertiary/aromatic N) is 2. The van der Waals surface area contributed by atoms with Crippen LogP contribution in [0.4, 0.5) is 5.69 Å². The van der Waals surface area contributed by atoms with E-state index in [1.807, 2.05) is 0 Å². The lowest BCUT2D eigenvalue weighted by Gasteiger charge is -2.27. The van der Waals surface area contributed by atoms with Gasteiger partial charge in [0.1, 0.15) is 0 Å². The van der Waals surface area contributed by atoms with Gasteiger partial charge in [-0.15, -0.1) is 0 Å². The number of rotatable bonds is 10. The lowest BCUT2D eigenvalue weighted by molar-refractivity contribution is 0.444. The molecular formula is C17H29N3O. The Bertz CT molecular complexity index is 465. The third-order valence-electron chi connectivity index (χ3n) is 4.32. The molecule has 1 N–H and O–H groups in total. The van der Waals surface area contributed by atoms with Gasteiger partial charge in [0.15, 0.2) is 0 Å². The van der Waals surface area contributed by atoms with E-state index in [0.717, 1.165) is 18.7 Å². The van der Waals surface area contributed by atoms with Gasteiger partial charge in [0.05, 0.1) is 11.9 Å². The van der Waals surface area contributed by atoms with Crippen molar-refractivity contribution in [1.82, 2.24) is 9.78 Å². The Morgan fingerprint density at radius 1 is 1.19 bits per heavy atom. The van der Waals surface area contributed by atoms with Gasteiger partial charge in [-0.2, -0.15) is 5.10 Å². The first-order valence-corrected chi connectivity index (χ1v) is 8.63. The fourth-order valence-electron chi connectivity index (χ4n) is 2.69. The monoisotopic (exact) mass is 291 g/mol. The van der Waals surface area contributed by atoms with E-state index in [4.69, 9.17) is 0 Å². The molecule has 118 valence electrons. The minimum Gasteiger partial charge on any atom is -0.381 e. The van der Waals surface area contributed by atoms with Crippen LogP contribution in [0.3, 0.4) is 0 Å². The van der Waals surface area contributed by atoms with Crippen LogP contribution in [0.25, 0.3) is 0 Å². The maximum absolute atomic E-state index is 12.0. The summed E-state index contributed by atoms with van der Waals surface area (Å²) in [4.78, 5) is 12.0. The minimum atomic E-state index is 0.0188. The summed E-state index contributed by atoms with van der Waals surface area (Å²) in [7, 11) is 0. The second-order valence-corrected chi connectivity index (χ2v) is 6.20. The summed E-state index contributed by atoms with van der Waals surface area (Å²) in [6, 6.07) is 2.23. The third kappa shape index (κ3) is 5.52. The van der Waals surface area contributed by atoms with Crippen LogP contribution >= 0.6 is 0 Å². The molecule has 0 amide bonds. The predicted molar refractivity (Wildman–Crippen MR) is 87.8 cm³/mol. The van der Waals surface area contributed by atoms with Crippen molar-refractivity contribution < 1.29 is 0 Å². The molecule has 1 aromatic rings. The second-order valence-electron chi connectivity index (χ2n) is 6.20. The first kappa shape index (κ1) is 16.1. The summed E-state index contributed by atoms with van der Waals surface area (Å²) in [5.41, 5.74) is 0.894. The summed E-state index contributed by atoms with van der Waals surface area (Å²) in [6.07, 6.45) is 14.3. The Kier molecular flexibility index (Phi) is 6.77. The summed E-state index contributed by atoms with van der Waals surface area (Å²) < 4.78 is 1.60. The molecular weight excluding hydrogens is 262 g/mol.